The van der Waals surface area contributed by atoms with E-state index in [-0.39, 0.29) is 11.1 Å². The molecular weight excluding hydrogens is 519 g/mol. The SMILES string of the molecule is O=C1NC(=O)C(=Cc2ccnc(N3CCC(CNCc4cc(F)cc(-c5cc6ccccc6o5)n4)CC3)n2)S1. The van der Waals surface area contributed by atoms with E-state index in [2.05, 4.69) is 30.5 Å². The zero-order valence-corrected chi connectivity index (χ0v) is 21.7. The number of hydrogen-bond donors (Lipinski definition) is 2. The number of imide groups is 1. The van der Waals surface area contributed by atoms with Gasteiger partial charge in [0.15, 0.2) is 5.76 Å². The van der Waals surface area contributed by atoms with E-state index < -0.39 is 5.91 Å². The van der Waals surface area contributed by atoms with Gasteiger partial charge in [0.05, 0.1) is 16.3 Å². The molecule has 2 amide bonds. The monoisotopic (exact) mass is 544 g/mol. The zero-order chi connectivity index (χ0) is 26.8. The molecule has 198 valence electrons. The highest BCUT2D eigenvalue weighted by atomic mass is 32.2. The van der Waals surface area contributed by atoms with Crippen LogP contribution in [0.1, 0.15) is 24.2 Å². The minimum Gasteiger partial charge on any atom is -0.454 e. The van der Waals surface area contributed by atoms with E-state index in [0.717, 1.165) is 55.2 Å². The smallest absolute Gasteiger partial charge is 0.290 e. The van der Waals surface area contributed by atoms with Gasteiger partial charge in [0.2, 0.25) is 5.95 Å². The van der Waals surface area contributed by atoms with Gasteiger partial charge < -0.3 is 14.6 Å². The number of nitrogens with zero attached hydrogens (tertiary/aromatic N) is 4. The van der Waals surface area contributed by atoms with E-state index in [1.165, 1.54) is 12.1 Å². The van der Waals surface area contributed by atoms with Crippen molar-refractivity contribution >= 4 is 45.9 Å². The molecule has 0 saturated carbocycles. The van der Waals surface area contributed by atoms with E-state index >= 15 is 0 Å². The van der Waals surface area contributed by atoms with Crippen LogP contribution in [0.2, 0.25) is 0 Å². The second-order valence-corrected chi connectivity index (χ2v) is 10.5. The molecule has 3 aromatic heterocycles. The molecule has 0 aliphatic carbocycles. The molecule has 9 nitrogen and oxygen atoms in total. The molecule has 2 aliphatic rings. The number of para-hydroxylation sites is 1. The number of rotatable bonds is 7. The van der Waals surface area contributed by atoms with Gasteiger partial charge in [-0.05, 0) is 67.4 Å². The zero-order valence-electron chi connectivity index (χ0n) is 20.9. The first kappa shape index (κ1) is 25.2. The van der Waals surface area contributed by atoms with Gasteiger partial charge in [-0.25, -0.2) is 19.3 Å². The highest BCUT2D eigenvalue weighted by molar-refractivity contribution is 8.18. The van der Waals surface area contributed by atoms with Crippen LogP contribution in [0.4, 0.5) is 15.1 Å². The van der Waals surface area contributed by atoms with E-state index in [9.17, 15) is 14.0 Å². The van der Waals surface area contributed by atoms with Crippen molar-refractivity contribution in [3.05, 3.63) is 76.8 Å². The van der Waals surface area contributed by atoms with Gasteiger partial charge in [-0.1, -0.05) is 18.2 Å². The van der Waals surface area contributed by atoms with E-state index in [4.69, 9.17) is 4.42 Å². The summed E-state index contributed by atoms with van der Waals surface area (Å²) in [5.41, 5.74) is 2.43. The molecule has 0 radical (unpaired) electrons. The van der Waals surface area contributed by atoms with Gasteiger partial charge in [-0.2, -0.15) is 0 Å². The van der Waals surface area contributed by atoms with E-state index in [1.807, 2.05) is 30.3 Å². The lowest BCUT2D eigenvalue weighted by molar-refractivity contribution is -0.115. The van der Waals surface area contributed by atoms with Crippen molar-refractivity contribution in [2.45, 2.75) is 19.4 Å². The Balaban J connectivity index is 1.02. The Kier molecular flexibility index (Phi) is 7.08. The normalized spacial score (nSPS) is 17.4. The quantitative estimate of drug-likeness (QED) is 0.318. The maximum absolute atomic E-state index is 14.4. The summed E-state index contributed by atoms with van der Waals surface area (Å²) in [6.45, 7) is 2.85. The molecule has 0 unspecified atom stereocenters. The molecule has 0 spiro atoms. The number of furan rings is 1. The summed E-state index contributed by atoms with van der Waals surface area (Å²) in [5.74, 6) is 0.859. The van der Waals surface area contributed by atoms with Crippen LogP contribution >= 0.6 is 11.8 Å². The molecule has 2 N–H and O–H groups in total. The standard InChI is InChI=1S/C28H25FN6O3S/c29-19-12-21(32-22(13-19)24-11-18-3-1-2-4-23(18)38-24)16-30-15-17-6-9-35(10-7-17)27-31-8-5-20(33-27)14-25-26(36)34-28(37)39-25/h1-5,8,11-14,17,30H,6-7,9-10,15-16H2,(H,34,36,37). The molecule has 11 heteroatoms. The van der Waals surface area contributed by atoms with Crippen molar-refractivity contribution in [3.63, 3.8) is 0 Å². The number of halogens is 1. The van der Waals surface area contributed by atoms with Gasteiger partial charge in [-0.15, -0.1) is 0 Å². The minimum atomic E-state index is -0.405. The molecule has 39 heavy (non-hydrogen) atoms. The first-order valence-electron chi connectivity index (χ1n) is 12.7. The highest BCUT2D eigenvalue weighted by Gasteiger charge is 2.26. The van der Waals surface area contributed by atoms with Crippen LogP contribution in [0.25, 0.3) is 28.5 Å². The van der Waals surface area contributed by atoms with Crippen molar-refractivity contribution in [3.8, 4) is 11.5 Å². The fourth-order valence-corrected chi connectivity index (χ4v) is 5.43. The van der Waals surface area contributed by atoms with Gasteiger partial charge in [0, 0.05) is 37.3 Å². The fourth-order valence-electron chi connectivity index (χ4n) is 4.77. The molecule has 2 fully saturated rings. The average molecular weight is 545 g/mol. The summed E-state index contributed by atoms with van der Waals surface area (Å²) in [6, 6.07) is 14.1. The largest absolute Gasteiger partial charge is 0.454 e. The van der Waals surface area contributed by atoms with Crippen molar-refractivity contribution in [1.82, 2.24) is 25.6 Å². The Bertz CT molecular complexity index is 1550. The summed E-state index contributed by atoms with van der Waals surface area (Å²) in [6.07, 6.45) is 5.17. The topological polar surface area (TPSA) is 113 Å². The van der Waals surface area contributed by atoms with Crippen molar-refractivity contribution < 1.29 is 18.4 Å². The summed E-state index contributed by atoms with van der Waals surface area (Å²) < 4.78 is 20.2. The maximum Gasteiger partial charge on any atom is 0.290 e. The van der Waals surface area contributed by atoms with Gasteiger partial charge >= 0.3 is 0 Å². The van der Waals surface area contributed by atoms with Crippen LogP contribution in [0.3, 0.4) is 0 Å². The second-order valence-electron chi connectivity index (χ2n) is 9.51. The van der Waals surface area contributed by atoms with E-state index in [0.29, 0.717) is 46.2 Å². The predicted molar refractivity (Wildman–Crippen MR) is 147 cm³/mol. The number of benzene rings is 1. The summed E-state index contributed by atoms with van der Waals surface area (Å²) in [7, 11) is 0. The molecule has 0 bridgehead atoms. The number of carbonyl (C=O) groups is 2. The number of carbonyl (C=O) groups excluding carboxylic acids is 2. The third kappa shape index (κ3) is 5.84. The first-order chi connectivity index (χ1) is 19.0. The first-order valence-corrected chi connectivity index (χ1v) is 13.5. The lowest BCUT2D eigenvalue weighted by Crippen LogP contribution is -2.38. The number of fused-ring (bicyclic) bond motifs is 1. The van der Waals surface area contributed by atoms with Crippen molar-refractivity contribution in [1.29, 1.82) is 0 Å². The maximum atomic E-state index is 14.4. The van der Waals surface area contributed by atoms with Crippen LogP contribution in [-0.2, 0) is 11.3 Å². The summed E-state index contributed by atoms with van der Waals surface area (Å²) in [5, 5.41) is 6.25. The molecule has 2 aliphatic heterocycles. The molecule has 6 rings (SSSR count). The molecule has 5 heterocycles. The number of anilines is 1. The van der Waals surface area contributed by atoms with Gasteiger partial charge in [-0.3, -0.25) is 14.9 Å². The minimum absolute atomic E-state index is 0.326. The number of hydrogen-bond acceptors (Lipinski definition) is 9. The van der Waals surface area contributed by atoms with Gasteiger partial charge in [0.1, 0.15) is 17.1 Å². The number of aromatic nitrogens is 3. The third-order valence-corrected chi connectivity index (χ3v) is 7.55. The summed E-state index contributed by atoms with van der Waals surface area (Å²) in [4.78, 5) is 39.2. The Morgan fingerprint density at radius 1 is 1.13 bits per heavy atom. The highest BCUT2D eigenvalue weighted by Crippen LogP contribution is 2.28. The number of piperidine rings is 1. The lowest BCUT2D eigenvalue weighted by Gasteiger charge is -2.32. The molecule has 4 aromatic rings. The van der Waals surface area contributed by atoms with E-state index in [1.54, 1.807) is 18.3 Å². The summed E-state index contributed by atoms with van der Waals surface area (Å²) >= 11 is 0.868. The van der Waals surface area contributed by atoms with Gasteiger partial charge in [0.25, 0.3) is 11.1 Å². The van der Waals surface area contributed by atoms with Crippen LogP contribution in [-0.4, -0.2) is 45.7 Å². The Hall–Kier alpha value is -4.09. The second kappa shape index (κ2) is 11.0. The molecule has 1 aromatic carbocycles. The predicted octanol–water partition coefficient (Wildman–Crippen LogP) is 4.75. The lowest BCUT2D eigenvalue weighted by atomic mass is 9.97. The number of thioether (sulfide) groups is 1. The van der Waals surface area contributed by atoms with Crippen LogP contribution in [0, 0.1) is 11.7 Å². The Labute approximate surface area is 227 Å². The van der Waals surface area contributed by atoms with Crippen LogP contribution in [0.5, 0.6) is 0 Å². The number of pyridine rings is 1. The molecule has 0 atom stereocenters. The fraction of sp³-hybridized carbons (Fsp3) is 0.250. The van der Waals surface area contributed by atoms with Crippen LogP contribution in [0.15, 0.2) is 64.1 Å². The molecule has 2 saturated heterocycles. The van der Waals surface area contributed by atoms with Crippen molar-refractivity contribution in [2.24, 2.45) is 5.92 Å². The van der Waals surface area contributed by atoms with Crippen LogP contribution < -0.4 is 15.5 Å². The third-order valence-electron chi connectivity index (χ3n) is 6.74. The average Bonchev–Trinajstić information content (AvgIpc) is 3.51. The Morgan fingerprint density at radius 3 is 2.77 bits per heavy atom. The Morgan fingerprint density at radius 2 is 1.97 bits per heavy atom. The van der Waals surface area contributed by atoms with Crippen molar-refractivity contribution in [2.75, 3.05) is 24.5 Å². The molecular formula is C28H25FN6O3S. The number of amides is 2. The number of nitrogens with one attached hydrogen (secondary N) is 2.